The van der Waals surface area contributed by atoms with Crippen LogP contribution in [0.25, 0.3) is 11.0 Å². The molecule has 1 aromatic carbocycles. The number of fused-ring (bicyclic) bond motifs is 1. The van der Waals surface area contributed by atoms with Gasteiger partial charge in [-0.05, 0) is 25.0 Å². The summed E-state index contributed by atoms with van der Waals surface area (Å²) < 4.78 is 39.4. The molecule has 6 heteroatoms. The van der Waals surface area contributed by atoms with Gasteiger partial charge in [0.2, 0.25) is 0 Å². The number of rotatable bonds is 1. The summed E-state index contributed by atoms with van der Waals surface area (Å²) in [6.45, 7) is 0. The number of benzene rings is 1. The molecule has 108 valence electrons. The van der Waals surface area contributed by atoms with Gasteiger partial charge in [-0.1, -0.05) is 18.9 Å². The van der Waals surface area contributed by atoms with E-state index in [4.69, 9.17) is 5.73 Å². The molecule has 0 radical (unpaired) electrons. The molecular weight excluding hydrogens is 267 g/mol. The van der Waals surface area contributed by atoms with Gasteiger partial charge < -0.3 is 10.7 Å². The highest BCUT2D eigenvalue weighted by Crippen LogP contribution is 2.46. The summed E-state index contributed by atoms with van der Waals surface area (Å²) in [6, 6.07) is 5.25. The average molecular weight is 283 g/mol. The van der Waals surface area contributed by atoms with Crippen molar-refractivity contribution in [1.82, 2.24) is 9.97 Å². The Labute approximate surface area is 114 Å². The van der Waals surface area contributed by atoms with Crippen LogP contribution >= 0.6 is 0 Å². The van der Waals surface area contributed by atoms with Crippen molar-refractivity contribution in [2.75, 3.05) is 5.73 Å². The molecule has 1 aliphatic carbocycles. The summed E-state index contributed by atoms with van der Waals surface area (Å²) in [5, 5.41) is 0. The molecule has 0 bridgehead atoms. The van der Waals surface area contributed by atoms with Gasteiger partial charge in [0.05, 0.1) is 17.1 Å². The molecule has 3 N–H and O–H groups in total. The van der Waals surface area contributed by atoms with Gasteiger partial charge >= 0.3 is 6.18 Å². The second-order valence-electron chi connectivity index (χ2n) is 5.40. The maximum absolute atomic E-state index is 13.1. The third-order valence-corrected chi connectivity index (χ3v) is 4.10. The topological polar surface area (TPSA) is 54.7 Å². The molecule has 0 spiro atoms. The summed E-state index contributed by atoms with van der Waals surface area (Å²) in [6.07, 6.45) is -2.03. The second-order valence-corrected chi connectivity index (χ2v) is 5.40. The van der Waals surface area contributed by atoms with Crippen molar-refractivity contribution in [2.45, 2.75) is 37.8 Å². The molecule has 1 fully saturated rings. The van der Waals surface area contributed by atoms with Crippen LogP contribution in [0.4, 0.5) is 18.9 Å². The Bertz CT molecular complexity index is 618. The van der Waals surface area contributed by atoms with E-state index in [1.807, 2.05) is 0 Å². The Hall–Kier alpha value is -1.72. The molecule has 3 rings (SSSR count). The molecule has 20 heavy (non-hydrogen) atoms. The molecule has 2 atom stereocenters. The Morgan fingerprint density at radius 2 is 1.95 bits per heavy atom. The van der Waals surface area contributed by atoms with Crippen LogP contribution in [-0.4, -0.2) is 16.1 Å². The number of anilines is 1. The van der Waals surface area contributed by atoms with Gasteiger partial charge in [0, 0.05) is 5.92 Å². The van der Waals surface area contributed by atoms with Gasteiger partial charge in [-0.15, -0.1) is 0 Å². The van der Waals surface area contributed by atoms with Crippen LogP contribution in [0.15, 0.2) is 18.2 Å². The zero-order chi connectivity index (χ0) is 14.3. The first-order chi connectivity index (χ1) is 9.47. The maximum Gasteiger partial charge on any atom is 0.392 e. The first-order valence-corrected chi connectivity index (χ1v) is 6.77. The average Bonchev–Trinajstić information content (AvgIpc) is 2.83. The lowest BCUT2D eigenvalue weighted by molar-refractivity contribution is -0.187. The van der Waals surface area contributed by atoms with Crippen molar-refractivity contribution < 1.29 is 13.2 Å². The number of halogens is 3. The minimum atomic E-state index is -4.17. The Kier molecular flexibility index (Phi) is 3.11. The van der Waals surface area contributed by atoms with Crippen LogP contribution in [0.2, 0.25) is 0 Å². The first kappa shape index (κ1) is 13.3. The number of hydrogen-bond donors (Lipinski definition) is 2. The Balaban J connectivity index is 2.02. The van der Waals surface area contributed by atoms with Gasteiger partial charge in [-0.3, -0.25) is 0 Å². The molecular formula is C14H16F3N3. The lowest BCUT2D eigenvalue weighted by atomic mass is 9.78. The van der Waals surface area contributed by atoms with E-state index in [9.17, 15) is 13.2 Å². The number of nitrogens with zero attached hydrogens (tertiary/aromatic N) is 1. The quantitative estimate of drug-likeness (QED) is 0.778. The first-order valence-electron chi connectivity index (χ1n) is 6.77. The van der Waals surface area contributed by atoms with E-state index >= 15 is 0 Å². The van der Waals surface area contributed by atoms with Crippen LogP contribution in [0, 0.1) is 5.92 Å². The molecule has 3 nitrogen and oxygen atoms in total. The molecule has 2 aromatic rings. The van der Waals surface area contributed by atoms with Crippen molar-refractivity contribution in [1.29, 1.82) is 0 Å². The normalized spacial score (nSPS) is 24.1. The van der Waals surface area contributed by atoms with Gasteiger partial charge in [-0.25, -0.2) is 4.98 Å². The Morgan fingerprint density at radius 3 is 2.65 bits per heavy atom. The van der Waals surface area contributed by atoms with Crippen LogP contribution in [0.5, 0.6) is 0 Å². The molecule has 1 aromatic heterocycles. The van der Waals surface area contributed by atoms with Crippen molar-refractivity contribution in [2.24, 2.45) is 5.92 Å². The van der Waals surface area contributed by atoms with Gasteiger partial charge in [0.25, 0.3) is 0 Å². The summed E-state index contributed by atoms with van der Waals surface area (Å²) in [4.78, 5) is 7.34. The van der Waals surface area contributed by atoms with Crippen molar-refractivity contribution >= 4 is 16.7 Å². The van der Waals surface area contributed by atoms with E-state index in [2.05, 4.69) is 9.97 Å². The number of hydrogen-bond acceptors (Lipinski definition) is 2. The number of nitrogens with one attached hydrogen (secondary N) is 1. The van der Waals surface area contributed by atoms with E-state index in [0.29, 0.717) is 35.4 Å². The molecule has 1 heterocycles. The highest BCUT2D eigenvalue weighted by Gasteiger charge is 2.46. The number of H-pyrrole nitrogens is 1. The van der Waals surface area contributed by atoms with Crippen LogP contribution in [0.3, 0.4) is 0 Å². The number of aromatic amines is 1. The van der Waals surface area contributed by atoms with Crippen LogP contribution in [-0.2, 0) is 0 Å². The highest BCUT2D eigenvalue weighted by atomic mass is 19.4. The fourth-order valence-corrected chi connectivity index (χ4v) is 3.10. The Morgan fingerprint density at radius 1 is 1.20 bits per heavy atom. The summed E-state index contributed by atoms with van der Waals surface area (Å²) >= 11 is 0. The lowest BCUT2D eigenvalue weighted by Gasteiger charge is -2.31. The van der Waals surface area contributed by atoms with Crippen LogP contribution in [0.1, 0.15) is 37.4 Å². The zero-order valence-electron chi connectivity index (χ0n) is 10.9. The van der Waals surface area contributed by atoms with Crippen molar-refractivity contribution in [3.63, 3.8) is 0 Å². The zero-order valence-corrected chi connectivity index (χ0v) is 10.9. The monoisotopic (exact) mass is 283 g/mol. The van der Waals surface area contributed by atoms with E-state index in [1.54, 1.807) is 18.2 Å². The molecule has 0 amide bonds. The fraction of sp³-hybridized carbons (Fsp3) is 0.500. The minimum absolute atomic E-state index is 0.181. The lowest BCUT2D eigenvalue weighted by Crippen LogP contribution is -2.32. The van der Waals surface area contributed by atoms with Gasteiger partial charge in [0.15, 0.2) is 0 Å². The van der Waals surface area contributed by atoms with Crippen molar-refractivity contribution in [3.8, 4) is 0 Å². The second kappa shape index (κ2) is 4.68. The number of aromatic nitrogens is 2. The number of alkyl halides is 3. The summed E-state index contributed by atoms with van der Waals surface area (Å²) in [7, 11) is 0. The molecule has 0 saturated heterocycles. The number of imidazole rings is 1. The fourth-order valence-electron chi connectivity index (χ4n) is 3.10. The third kappa shape index (κ3) is 2.23. The summed E-state index contributed by atoms with van der Waals surface area (Å²) in [5.41, 5.74) is 7.57. The maximum atomic E-state index is 13.1. The molecule has 0 aliphatic heterocycles. The van der Waals surface area contributed by atoms with Crippen LogP contribution < -0.4 is 5.73 Å². The van der Waals surface area contributed by atoms with E-state index in [0.717, 1.165) is 6.42 Å². The molecule has 1 aliphatic rings. The molecule has 2 unspecified atom stereocenters. The van der Waals surface area contributed by atoms with E-state index in [1.165, 1.54) is 0 Å². The predicted octanol–water partition coefficient (Wildman–Crippen LogP) is 3.98. The van der Waals surface area contributed by atoms with E-state index in [-0.39, 0.29) is 6.42 Å². The number of nitrogens with two attached hydrogens (primary N) is 1. The minimum Gasteiger partial charge on any atom is -0.397 e. The third-order valence-electron chi connectivity index (χ3n) is 4.10. The number of nitrogen functional groups attached to an aromatic ring is 1. The standard InChI is InChI=1S/C14H16F3N3/c15-14(16,17)9-5-2-1-4-8(9)13-19-11-7-3-6-10(18)12(11)20-13/h3,6-9H,1-2,4-5,18H2,(H,19,20). The highest BCUT2D eigenvalue weighted by molar-refractivity contribution is 5.86. The van der Waals surface area contributed by atoms with Gasteiger partial charge in [0.1, 0.15) is 11.3 Å². The van der Waals surface area contributed by atoms with Crippen molar-refractivity contribution in [3.05, 3.63) is 24.0 Å². The number of para-hydroxylation sites is 1. The molecule has 1 saturated carbocycles. The predicted molar refractivity (Wildman–Crippen MR) is 71.3 cm³/mol. The van der Waals surface area contributed by atoms with E-state index < -0.39 is 18.0 Å². The van der Waals surface area contributed by atoms with Gasteiger partial charge in [-0.2, -0.15) is 13.2 Å². The smallest absolute Gasteiger partial charge is 0.392 e. The largest absolute Gasteiger partial charge is 0.397 e. The SMILES string of the molecule is Nc1cccc2[nH]c(C3CCCCC3C(F)(F)F)nc12. The summed E-state index contributed by atoms with van der Waals surface area (Å²) in [5.74, 6) is -1.48.